The van der Waals surface area contributed by atoms with Crippen molar-refractivity contribution in [2.75, 3.05) is 16.8 Å². The number of hydrogen-bond acceptors (Lipinski definition) is 4. The van der Waals surface area contributed by atoms with Gasteiger partial charge in [-0.15, -0.1) is 0 Å². The molecule has 0 radical (unpaired) electrons. The molecule has 0 fully saturated rings. The summed E-state index contributed by atoms with van der Waals surface area (Å²) in [7, 11) is 0. The number of benzene rings is 2. The zero-order valence-electron chi connectivity index (χ0n) is 14.0. The molecular formula is C20H19ClN4. The van der Waals surface area contributed by atoms with Gasteiger partial charge in [0, 0.05) is 35.6 Å². The molecule has 0 aliphatic carbocycles. The van der Waals surface area contributed by atoms with Gasteiger partial charge in [-0.2, -0.15) is 4.98 Å². The molecule has 0 amide bonds. The lowest BCUT2D eigenvalue weighted by Gasteiger charge is -2.29. The minimum Gasteiger partial charge on any atom is -0.340 e. The van der Waals surface area contributed by atoms with Gasteiger partial charge in [-0.1, -0.05) is 35.9 Å². The molecule has 3 aromatic rings. The third kappa shape index (κ3) is 3.59. The Morgan fingerprint density at radius 1 is 1.00 bits per heavy atom. The number of aryl methyl sites for hydroxylation is 1. The van der Waals surface area contributed by atoms with Crippen molar-refractivity contribution in [2.24, 2.45) is 0 Å². The van der Waals surface area contributed by atoms with Gasteiger partial charge in [0.25, 0.3) is 0 Å². The van der Waals surface area contributed by atoms with Crippen LogP contribution in [0.15, 0.2) is 54.6 Å². The molecule has 2 aromatic carbocycles. The number of aromatic nitrogens is 2. The Morgan fingerprint density at radius 3 is 2.56 bits per heavy atom. The second-order valence-electron chi connectivity index (χ2n) is 6.27. The highest BCUT2D eigenvalue weighted by molar-refractivity contribution is 6.30. The van der Waals surface area contributed by atoms with E-state index in [9.17, 15) is 0 Å². The number of rotatable bonds is 3. The third-order valence-electron chi connectivity index (χ3n) is 4.37. The number of anilines is 3. The fraction of sp³-hybridized carbons (Fsp3) is 0.200. The first kappa shape index (κ1) is 15.9. The highest BCUT2D eigenvalue weighted by Crippen LogP contribution is 2.24. The van der Waals surface area contributed by atoms with E-state index >= 15 is 0 Å². The molecule has 4 nitrogen and oxygen atoms in total. The van der Waals surface area contributed by atoms with Crippen LogP contribution in [0.1, 0.15) is 16.8 Å². The fourth-order valence-corrected chi connectivity index (χ4v) is 3.23. The predicted molar refractivity (Wildman–Crippen MR) is 103 cm³/mol. The zero-order valence-corrected chi connectivity index (χ0v) is 14.8. The van der Waals surface area contributed by atoms with Crippen LogP contribution in [0.2, 0.25) is 5.02 Å². The molecule has 1 N–H and O–H groups in total. The number of fused-ring (bicyclic) bond motifs is 1. The zero-order chi connectivity index (χ0) is 17.2. The maximum absolute atomic E-state index is 5.95. The van der Waals surface area contributed by atoms with Gasteiger partial charge in [0.05, 0.1) is 0 Å². The van der Waals surface area contributed by atoms with Crippen molar-refractivity contribution in [1.82, 2.24) is 9.97 Å². The normalized spacial score (nSPS) is 13.4. The molecule has 2 heterocycles. The third-order valence-corrected chi connectivity index (χ3v) is 4.62. The van der Waals surface area contributed by atoms with Crippen molar-refractivity contribution < 1.29 is 0 Å². The van der Waals surface area contributed by atoms with Crippen LogP contribution in [0.4, 0.5) is 17.5 Å². The van der Waals surface area contributed by atoms with Crippen LogP contribution in [0.25, 0.3) is 0 Å². The van der Waals surface area contributed by atoms with Gasteiger partial charge in [-0.25, -0.2) is 4.98 Å². The topological polar surface area (TPSA) is 41.1 Å². The average Bonchev–Trinajstić information content (AvgIpc) is 2.63. The minimum absolute atomic E-state index is 0.720. The Kier molecular flexibility index (Phi) is 4.28. The van der Waals surface area contributed by atoms with E-state index in [4.69, 9.17) is 16.6 Å². The summed E-state index contributed by atoms with van der Waals surface area (Å²) in [6.07, 6.45) is 1.02. The van der Waals surface area contributed by atoms with Crippen molar-refractivity contribution in [3.05, 3.63) is 76.4 Å². The van der Waals surface area contributed by atoms with Crippen LogP contribution < -0.4 is 10.2 Å². The summed E-state index contributed by atoms with van der Waals surface area (Å²) < 4.78 is 0. The van der Waals surface area contributed by atoms with Crippen LogP contribution >= 0.6 is 11.6 Å². The molecule has 5 heteroatoms. The highest BCUT2D eigenvalue weighted by Gasteiger charge is 2.18. The lowest BCUT2D eigenvalue weighted by Crippen LogP contribution is -2.32. The van der Waals surface area contributed by atoms with E-state index in [1.807, 2.05) is 37.3 Å². The molecule has 0 atom stereocenters. The molecule has 4 rings (SSSR count). The van der Waals surface area contributed by atoms with Crippen LogP contribution in [0.5, 0.6) is 0 Å². The number of nitrogens with one attached hydrogen (secondary N) is 1. The van der Waals surface area contributed by atoms with E-state index < -0.39 is 0 Å². The van der Waals surface area contributed by atoms with Crippen molar-refractivity contribution in [1.29, 1.82) is 0 Å². The SMILES string of the molecule is Cc1cc(Nc2ccc(Cl)cc2)nc(N2CCc3ccccc3C2)n1. The first-order valence-corrected chi connectivity index (χ1v) is 8.75. The Morgan fingerprint density at radius 2 is 1.76 bits per heavy atom. The molecule has 0 unspecified atom stereocenters. The summed E-state index contributed by atoms with van der Waals surface area (Å²) in [5.41, 5.74) is 4.68. The first-order chi connectivity index (χ1) is 12.2. The monoisotopic (exact) mass is 350 g/mol. The molecule has 126 valence electrons. The lowest BCUT2D eigenvalue weighted by molar-refractivity contribution is 0.706. The fourth-order valence-electron chi connectivity index (χ4n) is 3.11. The van der Waals surface area contributed by atoms with E-state index in [-0.39, 0.29) is 0 Å². The average molecular weight is 351 g/mol. The maximum atomic E-state index is 5.95. The standard InChI is InChI=1S/C20H19ClN4/c1-14-12-19(23-18-8-6-17(21)7-9-18)24-20(22-14)25-11-10-15-4-2-3-5-16(15)13-25/h2-9,12H,10-11,13H2,1H3,(H,22,23,24). The van der Waals surface area contributed by atoms with E-state index in [1.165, 1.54) is 11.1 Å². The number of halogens is 1. The molecule has 0 saturated heterocycles. The van der Waals surface area contributed by atoms with Gasteiger partial charge in [0.15, 0.2) is 0 Å². The van der Waals surface area contributed by atoms with Gasteiger partial charge >= 0.3 is 0 Å². The Hall–Kier alpha value is -2.59. The van der Waals surface area contributed by atoms with Crippen molar-refractivity contribution in [3.8, 4) is 0 Å². The van der Waals surface area contributed by atoms with Crippen molar-refractivity contribution in [2.45, 2.75) is 19.9 Å². The first-order valence-electron chi connectivity index (χ1n) is 8.37. The van der Waals surface area contributed by atoms with Crippen molar-refractivity contribution in [3.63, 3.8) is 0 Å². The number of nitrogens with zero attached hydrogens (tertiary/aromatic N) is 3. The molecule has 0 spiro atoms. The Bertz CT molecular complexity index is 892. The summed E-state index contributed by atoms with van der Waals surface area (Å²) in [6, 6.07) is 18.1. The minimum atomic E-state index is 0.720. The summed E-state index contributed by atoms with van der Waals surface area (Å²) in [4.78, 5) is 11.6. The van der Waals surface area contributed by atoms with Crippen LogP contribution in [-0.4, -0.2) is 16.5 Å². The van der Waals surface area contributed by atoms with Gasteiger partial charge in [0.2, 0.25) is 5.95 Å². The maximum Gasteiger partial charge on any atom is 0.227 e. The molecular weight excluding hydrogens is 332 g/mol. The predicted octanol–water partition coefficient (Wildman–Crippen LogP) is 4.74. The summed E-state index contributed by atoms with van der Waals surface area (Å²) in [5, 5.41) is 4.05. The largest absolute Gasteiger partial charge is 0.340 e. The quantitative estimate of drug-likeness (QED) is 0.740. The van der Waals surface area contributed by atoms with Crippen molar-refractivity contribution >= 4 is 29.1 Å². The molecule has 25 heavy (non-hydrogen) atoms. The highest BCUT2D eigenvalue weighted by atomic mass is 35.5. The smallest absolute Gasteiger partial charge is 0.227 e. The summed E-state index contributed by atoms with van der Waals surface area (Å²) >= 11 is 5.95. The van der Waals surface area contributed by atoms with Gasteiger partial charge < -0.3 is 10.2 Å². The summed E-state index contributed by atoms with van der Waals surface area (Å²) in [6.45, 7) is 3.77. The van der Waals surface area contributed by atoms with Gasteiger partial charge in [0.1, 0.15) is 5.82 Å². The second-order valence-corrected chi connectivity index (χ2v) is 6.70. The molecule has 1 aromatic heterocycles. The second kappa shape index (κ2) is 6.73. The van der Waals surface area contributed by atoms with E-state index in [1.54, 1.807) is 0 Å². The molecule has 1 aliphatic rings. The lowest BCUT2D eigenvalue weighted by atomic mass is 10.0. The summed E-state index contributed by atoms with van der Waals surface area (Å²) in [5.74, 6) is 1.56. The van der Waals surface area contributed by atoms with E-state index in [0.717, 1.165) is 47.7 Å². The van der Waals surface area contributed by atoms with E-state index in [0.29, 0.717) is 0 Å². The number of hydrogen-bond donors (Lipinski definition) is 1. The Balaban J connectivity index is 1.59. The van der Waals surface area contributed by atoms with Gasteiger partial charge in [-0.3, -0.25) is 0 Å². The van der Waals surface area contributed by atoms with Crippen LogP contribution in [0.3, 0.4) is 0 Å². The van der Waals surface area contributed by atoms with E-state index in [2.05, 4.69) is 39.5 Å². The van der Waals surface area contributed by atoms with Crippen LogP contribution in [-0.2, 0) is 13.0 Å². The van der Waals surface area contributed by atoms with Crippen LogP contribution in [0, 0.1) is 6.92 Å². The van der Waals surface area contributed by atoms with Gasteiger partial charge in [-0.05, 0) is 48.7 Å². The molecule has 0 saturated carbocycles. The Labute approximate surface area is 152 Å². The molecule has 1 aliphatic heterocycles. The molecule has 0 bridgehead atoms.